The van der Waals surface area contributed by atoms with Crippen LogP contribution in [0.5, 0.6) is 0 Å². The van der Waals surface area contributed by atoms with Crippen molar-refractivity contribution in [3.63, 3.8) is 0 Å². The summed E-state index contributed by atoms with van der Waals surface area (Å²) in [6.45, 7) is 3.74. The molecule has 3 aromatic carbocycles. The number of hydrogen-bond acceptors (Lipinski definition) is 6. The third kappa shape index (κ3) is 4.22. The minimum Gasteiger partial charge on any atom is -0.454 e. The molecule has 0 bridgehead atoms. The number of nitrogens with zero attached hydrogens (tertiary/aromatic N) is 2. The van der Waals surface area contributed by atoms with Crippen molar-refractivity contribution < 1.29 is 23.9 Å². The summed E-state index contributed by atoms with van der Waals surface area (Å²) >= 11 is 0. The van der Waals surface area contributed by atoms with Gasteiger partial charge >= 0.3 is 5.97 Å². The number of amides is 2. The standard InChI is InChI=1S/C30H26N2O5/c1-30(2)24-13-6-7-14-25(24)31(3)26(30)16-21(33)18-37-29(36)20-10-8-9-19(15-20)17-32-27(34)22-11-4-5-12-23(22)28(32)35/h4-16H,17-18H2,1-3H3. The SMILES string of the molecule is CN1C(=CC(=O)COC(=O)c2cccc(CN3C(=O)c4ccccc4C3=O)c2)C(C)(C)c2ccccc21. The van der Waals surface area contributed by atoms with E-state index in [1.165, 1.54) is 6.08 Å². The van der Waals surface area contributed by atoms with Crippen LogP contribution in [-0.2, 0) is 21.5 Å². The first-order valence-electron chi connectivity index (χ1n) is 12.0. The average molecular weight is 495 g/mol. The van der Waals surface area contributed by atoms with Gasteiger partial charge in [0.25, 0.3) is 11.8 Å². The first-order valence-corrected chi connectivity index (χ1v) is 12.0. The fourth-order valence-corrected chi connectivity index (χ4v) is 5.04. The van der Waals surface area contributed by atoms with Gasteiger partial charge in [-0.3, -0.25) is 19.3 Å². The number of rotatable bonds is 6. The van der Waals surface area contributed by atoms with E-state index in [0.29, 0.717) is 16.7 Å². The van der Waals surface area contributed by atoms with E-state index in [1.807, 2.05) is 36.2 Å². The third-order valence-electron chi connectivity index (χ3n) is 6.97. The van der Waals surface area contributed by atoms with E-state index >= 15 is 0 Å². The first-order chi connectivity index (χ1) is 17.7. The minimum absolute atomic E-state index is 0.0282. The zero-order valence-electron chi connectivity index (χ0n) is 20.9. The Morgan fingerprint density at radius 2 is 1.54 bits per heavy atom. The summed E-state index contributed by atoms with van der Waals surface area (Å²) in [5.74, 6) is -1.71. The molecule has 2 aliphatic rings. The van der Waals surface area contributed by atoms with Gasteiger partial charge in [-0.15, -0.1) is 0 Å². The largest absolute Gasteiger partial charge is 0.454 e. The number of ether oxygens (including phenoxy) is 1. The highest BCUT2D eigenvalue weighted by Crippen LogP contribution is 2.46. The van der Waals surface area contributed by atoms with Crippen LogP contribution in [0, 0.1) is 0 Å². The van der Waals surface area contributed by atoms with Crippen LogP contribution in [0.3, 0.4) is 0 Å². The van der Waals surface area contributed by atoms with Crippen LogP contribution in [0.4, 0.5) is 5.69 Å². The van der Waals surface area contributed by atoms with Crippen molar-refractivity contribution in [3.05, 3.63) is 112 Å². The third-order valence-corrected chi connectivity index (χ3v) is 6.97. The second-order valence-corrected chi connectivity index (χ2v) is 9.72. The van der Waals surface area contributed by atoms with Gasteiger partial charge in [-0.2, -0.15) is 0 Å². The number of likely N-dealkylation sites (N-methyl/N-ethyl adjacent to an activating group) is 1. The molecule has 0 radical (unpaired) electrons. The van der Waals surface area contributed by atoms with Crippen molar-refractivity contribution in [1.29, 1.82) is 0 Å². The van der Waals surface area contributed by atoms with E-state index in [-0.39, 0.29) is 35.1 Å². The van der Waals surface area contributed by atoms with Gasteiger partial charge in [0, 0.05) is 29.9 Å². The molecule has 0 aliphatic carbocycles. The first kappa shape index (κ1) is 24.2. The number of fused-ring (bicyclic) bond motifs is 2. The number of ketones is 1. The molecule has 0 atom stereocenters. The molecule has 7 nitrogen and oxygen atoms in total. The molecule has 5 rings (SSSR count). The average Bonchev–Trinajstić information content (AvgIpc) is 3.25. The van der Waals surface area contributed by atoms with Crippen LogP contribution >= 0.6 is 0 Å². The van der Waals surface area contributed by atoms with Gasteiger partial charge in [-0.25, -0.2) is 4.79 Å². The fraction of sp³-hybridized carbons (Fsp3) is 0.200. The lowest BCUT2D eigenvalue weighted by molar-refractivity contribution is -0.117. The predicted octanol–water partition coefficient (Wildman–Crippen LogP) is 4.52. The molecule has 7 heteroatoms. The molecular weight excluding hydrogens is 468 g/mol. The summed E-state index contributed by atoms with van der Waals surface area (Å²) in [6, 6.07) is 21.2. The van der Waals surface area contributed by atoms with Crippen molar-refractivity contribution in [2.45, 2.75) is 25.8 Å². The molecule has 0 fully saturated rings. The molecule has 0 saturated carbocycles. The molecule has 0 N–H and O–H groups in total. The Bertz CT molecular complexity index is 1450. The predicted molar refractivity (Wildman–Crippen MR) is 138 cm³/mol. The van der Waals surface area contributed by atoms with Gasteiger partial charge in [0.1, 0.15) is 0 Å². The molecule has 0 unspecified atom stereocenters. The van der Waals surface area contributed by atoms with E-state index < -0.39 is 12.6 Å². The number of imide groups is 1. The van der Waals surface area contributed by atoms with Gasteiger partial charge in [0.2, 0.25) is 0 Å². The topological polar surface area (TPSA) is 84.0 Å². The lowest BCUT2D eigenvalue weighted by Crippen LogP contribution is -2.29. The van der Waals surface area contributed by atoms with Gasteiger partial charge in [0.05, 0.1) is 23.2 Å². The lowest BCUT2D eigenvalue weighted by Gasteiger charge is -2.23. The number of allylic oxidation sites excluding steroid dienone is 1. The normalized spacial score (nSPS) is 16.7. The smallest absolute Gasteiger partial charge is 0.338 e. The molecule has 0 saturated heterocycles. The highest BCUT2D eigenvalue weighted by atomic mass is 16.5. The highest BCUT2D eigenvalue weighted by molar-refractivity contribution is 6.21. The monoisotopic (exact) mass is 494 g/mol. The van der Waals surface area contributed by atoms with E-state index in [9.17, 15) is 19.2 Å². The minimum atomic E-state index is -0.654. The summed E-state index contributed by atoms with van der Waals surface area (Å²) in [5, 5.41) is 0. The summed E-state index contributed by atoms with van der Waals surface area (Å²) in [4.78, 5) is 53.9. The number of anilines is 1. The van der Waals surface area contributed by atoms with Crippen molar-refractivity contribution >= 4 is 29.3 Å². The van der Waals surface area contributed by atoms with Gasteiger partial charge in [-0.05, 0) is 41.5 Å². The van der Waals surface area contributed by atoms with Crippen LogP contribution in [0.1, 0.15) is 56.0 Å². The zero-order chi connectivity index (χ0) is 26.3. The van der Waals surface area contributed by atoms with Gasteiger partial charge < -0.3 is 9.64 Å². The van der Waals surface area contributed by atoms with Crippen molar-refractivity contribution in [1.82, 2.24) is 4.90 Å². The van der Waals surface area contributed by atoms with E-state index in [2.05, 4.69) is 13.8 Å². The van der Waals surface area contributed by atoms with Gasteiger partial charge in [-0.1, -0.05) is 56.3 Å². The quantitative estimate of drug-likeness (QED) is 0.285. The van der Waals surface area contributed by atoms with Crippen LogP contribution in [0.15, 0.2) is 84.6 Å². The summed E-state index contributed by atoms with van der Waals surface area (Å²) in [7, 11) is 1.92. The van der Waals surface area contributed by atoms with Crippen molar-refractivity contribution in [3.8, 4) is 0 Å². The Balaban J connectivity index is 1.24. The van der Waals surface area contributed by atoms with Gasteiger partial charge in [0.15, 0.2) is 12.4 Å². The second kappa shape index (κ2) is 9.17. The van der Waals surface area contributed by atoms with Crippen molar-refractivity contribution in [2.24, 2.45) is 0 Å². The van der Waals surface area contributed by atoms with E-state index in [0.717, 1.165) is 21.8 Å². The summed E-state index contributed by atoms with van der Waals surface area (Å²) in [5.41, 5.74) is 4.22. The molecule has 186 valence electrons. The second-order valence-electron chi connectivity index (χ2n) is 9.72. The molecule has 0 spiro atoms. The molecular formula is C30H26N2O5. The van der Waals surface area contributed by atoms with Crippen LogP contribution in [-0.4, -0.2) is 42.1 Å². The number of carbonyl (C=O) groups is 4. The molecule has 2 amide bonds. The Kier molecular flexibility index (Phi) is 5.99. The number of carbonyl (C=O) groups excluding carboxylic acids is 4. The molecule has 3 aromatic rings. The Labute approximate surface area is 215 Å². The molecule has 2 heterocycles. The van der Waals surface area contributed by atoms with E-state index in [4.69, 9.17) is 4.74 Å². The maximum atomic E-state index is 12.7. The Morgan fingerprint density at radius 1 is 0.892 bits per heavy atom. The van der Waals surface area contributed by atoms with Crippen LogP contribution in [0.2, 0.25) is 0 Å². The number of benzene rings is 3. The fourth-order valence-electron chi connectivity index (χ4n) is 5.04. The number of hydrogen-bond donors (Lipinski definition) is 0. The molecule has 2 aliphatic heterocycles. The summed E-state index contributed by atoms with van der Waals surface area (Å²) < 4.78 is 5.30. The maximum Gasteiger partial charge on any atom is 0.338 e. The van der Waals surface area contributed by atoms with E-state index in [1.54, 1.807) is 48.5 Å². The van der Waals surface area contributed by atoms with Crippen LogP contribution < -0.4 is 4.90 Å². The highest BCUT2D eigenvalue weighted by Gasteiger charge is 2.38. The zero-order valence-corrected chi connectivity index (χ0v) is 20.9. The lowest BCUT2D eigenvalue weighted by atomic mass is 9.83. The molecule has 0 aromatic heterocycles. The maximum absolute atomic E-state index is 12.7. The molecule has 37 heavy (non-hydrogen) atoms. The number of para-hydroxylation sites is 1. The van der Waals surface area contributed by atoms with Crippen LogP contribution in [0.25, 0.3) is 0 Å². The Hall–Kier alpha value is -4.52. The summed E-state index contributed by atoms with van der Waals surface area (Å²) in [6.07, 6.45) is 1.53. The number of esters is 1. The van der Waals surface area contributed by atoms with Crippen molar-refractivity contribution in [2.75, 3.05) is 18.6 Å². The Morgan fingerprint density at radius 3 is 2.22 bits per heavy atom.